The highest BCUT2D eigenvalue weighted by Gasteiger charge is 2.09. The Balaban J connectivity index is 3.33. The van der Waals surface area contributed by atoms with Gasteiger partial charge < -0.3 is 21.9 Å². The molecular weight excluding hydrogens is 222 g/mol. The summed E-state index contributed by atoms with van der Waals surface area (Å²) in [6, 6.07) is -0.796. The van der Waals surface area contributed by atoms with Crippen LogP contribution in [0.1, 0.15) is 38.5 Å². The fourth-order valence-corrected chi connectivity index (χ4v) is 1.36. The van der Waals surface area contributed by atoms with Gasteiger partial charge in [-0.05, 0) is 38.6 Å². The van der Waals surface area contributed by atoms with Gasteiger partial charge in [-0.25, -0.2) is 0 Å². The van der Waals surface area contributed by atoms with Crippen LogP contribution in [0.3, 0.4) is 0 Å². The molecule has 0 aromatic carbocycles. The normalized spacial score (nSPS) is 12.1. The summed E-state index contributed by atoms with van der Waals surface area (Å²) in [4.78, 5) is 21.7. The SMILES string of the molecule is NCCCCC(=O)NCCCC[C@H](N)C(=O)O. The molecule has 6 nitrogen and oxygen atoms in total. The van der Waals surface area contributed by atoms with E-state index in [9.17, 15) is 9.59 Å². The fourth-order valence-electron chi connectivity index (χ4n) is 1.36. The molecule has 17 heavy (non-hydrogen) atoms. The summed E-state index contributed by atoms with van der Waals surface area (Å²) in [6.45, 7) is 1.19. The monoisotopic (exact) mass is 245 g/mol. The van der Waals surface area contributed by atoms with Gasteiger partial charge in [-0.3, -0.25) is 9.59 Å². The van der Waals surface area contributed by atoms with Gasteiger partial charge >= 0.3 is 5.97 Å². The molecule has 0 saturated heterocycles. The Morgan fingerprint density at radius 2 is 1.88 bits per heavy atom. The Morgan fingerprint density at radius 3 is 2.47 bits per heavy atom. The van der Waals surface area contributed by atoms with Crippen molar-refractivity contribution in [3.63, 3.8) is 0 Å². The molecule has 0 bridgehead atoms. The van der Waals surface area contributed by atoms with Crippen molar-refractivity contribution in [1.82, 2.24) is 5.32 Å². The number of carbonyl (C=O) groups excluding carboxylic acids is 1. The first-order valence-corrected chi connectivity index (χ1v) is 6.03. The third kappa shape index (κ3) is 9.77. The van der Waals surface area contributed by atoms with E-state index in [1.807, 2.05) is 0 Å². The molecule has 1 atom stereocenters. The van der Waals surface area contributed by atoms with E-state index in [2.05, 4.69) is 5.32 Å². The van der Waals surface area contributed by atoms with Crippen LogP contribution < -0.4 is 16.8 Å². The second-order valence-electron chi connectivity index (χ2n) is 4.04. The number of carboxylic acid groups (broad SMARTS) is 1. The van der Waals surface area contributed by atoms with Crippen LogP contribution in [0.2, 0.25) is 0 Å². The largest absolute Gasteiger partial charge is 0.480 e. The summed E-state index contributed by atoms with van der Waals surface area (Å²) in [5, 5.41) is 11.3. The first-order chi connectivity index (χ1) is 8.07. The maximum absolute atomic E-state index is 11.3. The number of unbranched alkanes of at least 4 members (excludes halogenated alkanes) is 2. The molecule has 1 amide bonds. The first-order valence-electron chi connectivity index (χ1n) is 6.03. The molecule has 0 rings (SSSR count). The van der Waals surface area contributed by atoms with Crippen molar-refractivity contribution in [3.05, 3.63) is 0 Å². The second-order valence-corrected chi connectivity index (χ2v) is 4.04. The van der Waals surface area contributed by atoms with Crippen molar-refractivity contribution in [1.29, 1.82) is 0 Å². The third-order valence-electron chi connectivity index (χ3n) is 2.44. The molecule has 0 aliphatic rings. The van der Waals surface area contributed by atoms with Gasteiger partial charge in [-0.15, -0.1) is 0 Å². The number of hydrogen-bond donors (Lipinski definition) is 4. The zero-order valence-corrected chi connectivity index (χ0v) is 10.2. The Morgan fingerprint density at radius 1 is 1.18 bits per heavy atom. The third-order valence-corrected chi connectivity index (χ3v) is 2.44. The molecule has 0 aliphatic heterocycles. The van der Waals surface area contributed by atoms with Gasteiger partial charge in [0.1, 0.15) is 6.04 Å². The molecule has 0 saturated carbocycles. The van der Waals surface area contributed by atoms with Gasteiger partial charge in [0.05, 0.1) is 0 Å². The van der Waals surface area contributed by atoms with Crippen molar-refractivity contribution in [2.24, 2.45) is 11.5 Å². The highest BCUT2D eigenvalue weighted by molar-refractivity contribution is 5.75. The molecule has 0 aromatic heterocycles. The molecule has 0 heterocycles. The highest BCUT2D eigenvalue weighted by Crippen LogP contribution is 1.99. The Labute approximate surface area is 102 Å². The Hall–Kier alpha value is -1.14. The van der Waals surface area contributed by atoms with Crippen LogP contribution in [-0.2, 0) is 9.59 Å². The summed E-state index contributed by atoms with van der Waals surface area (Å²) in [5.41, 5.74) is 10.7. The average Bonchev–Trinajstić information content (AvgIpc) is 2.28. The van der Waals surface area contributed by atoms with Crippen molar-refractivity contribution >= 4 is 11.9 Å². The zero-order chi connectivity index (χ0) is 13.1. The summed E-state index contributed by atoms with van der Waals surface area (Å²) >= 11 is 0. The lowest BCUT2D eigenvalue weighted by atomic mass is 10.1. The van der Waals surface area contributed by atoms with E-state index < -0.39 is 12.0 Å². The maximum atomic E-state index is 11.3. The lowest BCUT2D eigenvalue weighted by molar-refractivity contribution is -0.138. The van der Waals surface area contributed by atoms with Gasteiger partial charge in [0.15, 0.2) is 0 Å². The van der Waals surface area contributed by atoms with Crippen molar-refractivity contribution in [3.8, 4) is 0 Å². The summed E-state index contributed by atoms with van der Waals surface area (Å²) in [5.74, 6) is -0.947. The number of hydrogen-bond acceptors (Lipinski definition) is 4. The van der Waals surface area contributed by atoms with Gasteiger partial charge in [0, 0.05) is 13.0 Å². The topological polar surface area (TPSA) is 118 Å². The second kappa shape index (κ2) is 10.0. The Kier molecular flexibility index (Phi) is 9.37. The first kappa shape index (κ1) is 15.9. The van der Waals surface area contributed by atoms with Gasteiger partial charge in [-0.1, -0.05) is 0 Å². The zero-order valence-electron chi connectivity index (χ0n) is 10.2. The molecule has 6 N–H and O–H groups in total. The Bertz CT molecular complexity index is 234. The molecule has 0 aromatic rings. The van der Waals surface area contributed by atoms with Gasteiger partial charge in [0.2, 0.25) is 5.91 Å². The number of carboxylic acids is 1. The quantitative estimate of drug-likeness (QED) is 0.398. The molecule has 0 spiro atoms. The lowest BCUT2D eigenvalue weighted by Crippen LogP contribution is -2.30. The van der Waals surface area contributed by atoms with Crippen LogP contribution >= 0.6 is 0 Å². The van der Waals surface area contributed by atoms with Crippen molar-refractivity contribution < 1.29 is 14.7 Å². The molecule has 100 valence electrons. The van der Waals surface area contributed by atoms with Crippen LogP contribution in [0.5, 0.6) is 0 Å². The number of nitrogens with one attached hydrogen (secondary N) is 1. The fraction of sp³-hybridized carbons (Fsp3) is 0.818. The molecule has 0 aliphatic carbocycles. The maximum Gasteiger partial charge on any atom is 0.320 e. The van der Waals surface area contributed by atoms with Gasteiger partial charge in [0.25, 0.3) is 0 Å². The van der Waals surface area contributed by atoms with Crippen LogP contribution in [0.25, 0.3) is 0 Å². The van der Waals surface area contributed by atoms with E-state index in [1.165, 1.54) is 0 Å². The number of nitrogens with two attached hydrogens (primary N) is 2. The van der Waals surface area contributed by atoms with Crippen LogP contribution in [0.4, 0.5) is 0 Å². The van der Waals surface area contributed by atoms with Crippen LogP contribution in [-0.4, -0.2) is 36.1 Å². The minimum absolute atomic E-state index is 0.0287. The number of rotatable bonds is 10. The number of carbonyl (C=O) groups is 2. The van der Waals surface area contributed by atoms with E-state index in [0.717, 1.165) is 19.3 Å². The lowest BCUT2D eigenvalue weighted by Gasteiger charge is -2.07. The molecule has 6 heteroatoms. The summed E-state index contributed by atoms with van der Waals surface area (Å²) in [7, 11) is 0. The predicted molar refractivity (Wildman–Crippen MR) is 65.4 cm³/mol. The number of aliphatic carboxylic acids is 1. The molecule has 0 radical (unpaired) electrons. The average molecular weight is 245 g/mol. The van der Waals surface area contributed by atoms with Gasteiger partial charge in [-0.2, -0.15) is 0 Å². The minimum Gasteiger partial charge on any atom is -0.480 e. The van der Waals surface area contributed by atoms with E-state index in [0.29, 0.717) is 32.4 Å². The molecule has 0 unspecified atom stereocenters. The van der Waals surface area contributed by atoms with Crippen LogP contribution in [0.15, 0.2) is 0 Å². The van der Waals surface area contributed by atoms with E-state index in [1.54, 1.807) is 0 Å². The summed E-state index contributed by atoms with van der Waals surface area (Å²) in [6.07, 6.45) is 4.08. The van der Waals surface area contributed by atoms with E-state index in [4.69, 9.17) is 16.6 Å². The van der Waals surface area contributed by atoms with E-state index >= 15 is 0 Å². The standard InChI is InChI=1S/C11H23N3O3/c12-7-3-1-6-10(15)14-8-4-2-5-9(13)11(16)17/h9H,1-8,12-13H2,(H,14,15)(H,16,17)/t9-/m0/s1. The molecular formula is C11H23N3O3. The van der Waals surface area contributed by atoms with E-state index in [-0.39, 0.29) is 5.91 Å². The highest BCUT2D eigenvalue weighted by atomic mass is 16.4. The molecule has 0 fully saturated rings. The van der Waals surface area contributed by atoms with Crippen LogP contribution in [0, 0.1) is 0 Å². The number of amides is 1. The predicted octanol–water partition coefficient (Wildman–Crippen LogP) is -0.186. The smallest absolute Gasteiger partial charge is 0.320 e. The summed E-state index contributed by atoms with van der Waals surface area (Å²) < 4.78 is 0. The van der Waals surface area contributed by atoms with Crippen molar-refractivity contribution in [2.45, 2.75) is 44.6 Å². The van der Waals surface area contributed by atoms with Crippen molar-refractivity contribution in [2.75, 3.05) is 13.1 Å². The minimum atomic E-state index is -0.976.